The van der Waals surface area contributed by atoms with E-state index in [1.165, 1.54) is 6.07 Å². The number of hydrogen-bond acceptors (Lipinski definition) is 3. The lowest BCUT2D eigenvalue weighted by atomic mass is 10.3. The van der Waals surface area contributed by atoms with Crippen LogP contribution in [-0.2, 0) is 14.8 Å². The van der Waals surface area contributed by atoms with Gasteiger partial charge in [-0.05, 0) is 31.0 Å². The summed E-state index contributed by atoms with van der Waals surface area (Å²) in [5, 5.41) is 0.669. The average molecular weight is 365 g/mol. The number of nitrogens with zero attached hydrogens (tertiary/aromatic N) is 2. The van der Waals surface area contributed by atoms with Gasteiger partial charge >= 0.3 is 0 Å². The fraction of sp³-hybridized carbons (Fsp3) is 0.500. The minimum absolute atomic E-state index is 0.0377. The van der Waals surface area contributed by atoms with Gasteiger partial charge in [0.15, 0.2) is 0 Å². The van der Waals surface area contributed by atoms with Crippen molar-refractivity contribution in [2.24, 2.45) is 0 Å². The van der Waals surface area contributed by atoms with E-state index in [2.05, 4.69) is 0 Å². The first kappa shape index (κ1) is 17.4. The largest absolute Gasteiger partial charge is 0.343 e. The summed E-state index contributed by atoms with van der Waals surface area (Å²) in [5.74, 6) is -0.0377. The molecule has 1 saturated heterocycles. The molecule has 8 heteroatoms. The Balaban J connectivity index is 2.17. The third-order valence-electron chi connectivity index (χ3n) is 3.56. The van der Waals surface area contributed by atoms with Gasteiger partial charge in [-0.25, -0.2) is 8.42 Å². The number of rotatable bonds is 5. The first-order chi connectivity index (χ1) is 10.3. The lowest BCUT2D eigenvalue weighted by Crippen LogP contribution is -2.35. The third-order valence-corrected chi connectivity index (χ3v) is 5.30. The standard InChI is InChI=1S/C14H18Cl2N2O3S/c1-22(20,21)18(13-10-11(15)4-5-12(13)16)9-6-14(19)17-7-2-3-8-17/h4-5,10H,2-3,6-9H2,1H3. The molecule has 1 aliphatic heterocycles. The van der Waals surface area contributed by atoms with Crippen LogP contribution in [0, 0.1) is 0 Å². The van der Waals surface area contributed by atoms with E-state index >= 15 is 0 Å². The fourth-order valence-corrected chi connectivity index (χ4v) is 3.83. The Morgan fingerprint density at radius 1 is 1.27 bits per heavy atom. The summed E-state index contributed by atoms with van der Waals surface area (Å²) in [4.78, 5) is 13.9. The Morgan fingerprint density at radius 3 is 2.50 bits per heavy atom. The molecule has 2 rings (SSSR count). The van der Waals surface area contributed by atoms with E-state index in [-0.39, 0.29) is 23.9 Å². The topological polar surface area (TPSA) is 57.7 Å². The van der Waals surface area contributed by atoms with Crippen LogP contribution >= 0.6 is 23.2 Å². The molecule has 1 fully saturated rings. The Kier molecular flexibility index (Phi) is 5.58. The SMILES string of the molecule is CS(=O)(=O)N(CCC(=O)N1CCCC1)c1cc(Cl)ccc1Cl. The average Bonchev–Trinajstić information content (AvgIpc) is 2.95. The monoisotopic (exact) mass is 364 g/mol. The Bertz CT molecular complexity index is 658. The van der Waals surface area contributed by atoms with Gasteiger partial charge in [-0.2, -0.15) is 0 Å². The minimum Gasteiger partial charge on any atom is -0.343 e. The minimum atomic E-state index is -3.56. The summed E-state index contributed by atoms with van der Waals surface area (Å²) in [5.41, 5.74) is 0.297. The van der Waals surface area contributed by atoms with Crippen LogP contribution in [0.15, 0.2) is 18.2 Å². The molecule has 122 valence electrons. The van der Waals surface area contributed by atoms with Gasteiger partial charge in [0, 0.05) is 31.1 Å². The first-order valence-electron chi connectivity index (χ1n) is 6.99. The molecule has 0 aliphatic carbocycles. The van der Waals surface area contributed by atoms with Crippen LogP contribution in [0.1, 0.15) is 19.3 Å². The molecular weight excluding hydrogens is 347 g/mol. The molecule has 5 nitrogen and oxygen atoms in total. The molecular formula is C14H18Cl2N2O3S. The maximum Gasteiger partial charge on any atom is 0.232 e. The second-order valence-corrected chi connectivity index (χ2v) is 8.02. The van der Waals surface area contributed by atoms with Crippen molar-refractivity contribution >= 4 is 44.8 Å². The van der Waals surface area contributed by atoms with Crippen molar-refractivity contribution in [3.8, 4) is 0 Å². The summed E-state index contributed by atoms with van der Waals surface area (Å²) in [6.07, 6.45) is 3.21. The van der Waals surface area contributed by atoms with E-state index in [4.69, 9.17) is 23.2 Å². The van der Waals surface area contributed by atoms with Crippen LogP contribution in [0.5, 0.6) is 0 Å². The van der Waals surface area contributed by atoms with Crippen molar-refractivity contribution in [2.75, 3.05) is 30.2 Å². The van der Waals surface area contributed by atoms with Crippen molar-refractivity contribution in [1.29, 1.82) is 0 Å². The van der Waals surface area contributed by atoms with Crippen molar-refractivity contribution in [2.45, 2.75) is 19.3 Å². The maximum atomic E-state index is 12.1. The lowest BCUT2D eigenvalue weighted by Gasteiger charge is -2.24. The quantitative estimate of drug-likeness (QED) is 0.806. The van der Waals surface area contributed by atoms with Crippen LogP contribution < -0.4 is 4.31 Å². The number of hydrogen-bond donors (Lipinski definition) is 0. The molecule has 1 aromatic carbocycles. The number of likely N-dealkylation sites (tertiary alicyclic amines) is 1. The number of carbonyl (C=O) groups is 1. The van der Waals surface area contributed by atoms with E-state index < -0.39 is 10.0 Å². The van der Waals surface area contributed by atoms with Gasteiger partial charge in [-0.1, -0.05) is 23.2 Å². The molecule has 0 aromatic heterocycles. The Hall–Kier alpha value is -0.980. The lowest BCUT2D eigenvalue weighted by molar-refractivity contribution is -0.129. The zero-order valence-corrected chi connectivity index (χ0v) is 14.6. The highest BCUT2D eigenvalue weighted by atomic mass is 35.5. The van der Waals surface area contributed by atoms with E-state index in [0.29, 0.717) is 10.7 Å². The van der Waals surface area contributed by atoms with Crippen LogP contribution in [0.4, 0.5) is 5.69 Å². The second kappa shape index (κ2) is 7.06. The molecule has 0 spiro atoms. The van der Waals surface area contributed by atoms with Crippen molar-refractivity contribution < 1.29 is 13.2 Å². The van der Waals surface area contributed by atoms with Gasteiger partial charge < -0.3 is 4.90 Å². The third kappa shape index (κ3) is 4.27. The van der Waals surface area contributed by atoms with Crippen LogP contribution in [0.3, 0.4) is 0 Å². The highest BCUT2D eigenvalue weighted by Crippen LogP contribution is 2.30. The molecule has 1 heterocycles. The highest BCUT2D eigenvalue weighted by Gasteiger charge is 2.24. The zero-order chi connectivity index (χ0) is 16.3. The van der Waals surface area contributed by atoms with Gasteiger partial charge in [0.05, 0.1) is 17.0 Å². The number of anilines is 1. The molecule has 0 unspecified atom stereocenters. The molecule has 1 aromatic rings. The number of halogens is 2. The van der Waals surface area contributed by atoms with Crippen molar-refractivity contribution in [1.82, 2.24) is 4.90 Å². The van der Waals surface area contributed by atoms with Crippen LogP contribution in [-0.4, -0.2) is 45.1 Å². The van der Waals surface area contributed by atoms with Gasteiger partial charge in [-0.3, -0.25) is 9.10 Å². The van der Waals surface area contributed by atoms with Gasteiger partial charge in [-0.15, -0.1) is 0 Å². The Labute approximate surface area is 140 Å². The highest BCUT2D eigenvalue weighted by molar-refractivity contribution is 7.92. The molecule has 1 aliphatic rings. The number of amides is 1. The van der Waals surface area contributed by atoms with Gasteiger partial charge in [0.1, 0.15) is 0 Å². The maximum absolute atomic E-state index is 12.1. The van der Waals surface area contributed by atoms with E-state index in [1.807, 2.05) is 0 Å². The normalized spacial score (nSPS) is 15.1. The van der Waals surface area contributed by atoms with Crippen LogP contribution in [0.25, 0.3) is 0 Å². The van der Waals surface area contributed by atoms with Crippen molar-refractivity contribution in [3.63, 3.8) is 0 Å². The summed E-state index contributed by atoms with van der Waals surface area (Å²) >= 11 is 12.0. The van der Waals surface area contributed by atoms with Gasteiger partial charge in [0.25, 0.3) is 0 Å². The van der Waals surface area contributed by atoms with E-state index in [0.717, 1.165) is 36.5 Å². The second-order valence-electron chi connectivity index (χ2n) is 5.27. The smallest absolute Gasteiger partial charge is 0.232 e. The molecule has 0 saturated carbocycles. The molecule has 1 amide bonds. The van der Waals surface area contributed by atoms with Gasteiger partial charge in [0.2, 0.25) is 15.9 Å². The molecule has 22 heavy (non-hydrogen) atoms. The molecule has 0 atom stereocenters. The summed E-state index contributed by atoms with van der Waals surface area (Å²) in [6.45, 7) is 1.54. The molecule has 0 radical (unpaired) electrons. The predicted octanol–water partition coefficient (Wildman–Crippen LogP) is 2.77. The number of benzene rings is 1. The first-order valence-corrected chi connectivity index (χ1v) is 9.60. The summed E-state index contributed by atoms with van der Waals surface area (Å²) in [6, 6.07) is 4.62. The molecule has 0 bridgehead atoms. The number of carbonyl (C=O) groups excluding carboxylic acids is 1. The predicted molar refractivity (Wildman–Crippen MR) is 89.1 cm³/mol. The van der Waals surface area contributed by atoms with Crippen molar-refractivity contribution in [3.05, 3.63) is 28.2 Å². The fourth-order valence-electron chi connectivity index (χ4n) is 2.46. The number of sulfonamides is 1. The van der Waals surface area contributed by atoms with Crippen LogP contribution in [0.2, 0.25) is 10.0 Å². The Morgan fingerprint density at radius 2 is 1.91 bits per heavy atom. The summed E-state index contributed by atoms with van der Waals surface area (Å²) in [7, 11) is -3.56. The van der Waals surface area contributed by atoms with E-state index in [9.17, 15) is 13.2 Å². The molecule has 0 N–H and O–H groups in total. The van der Waals surface area contributed by atoms with E-state index in [1.54, 1.807) is 17.0 Å². The zero-order valence-electron chi connectivity index (χ0n) is 12.3. The summed E-state index contributed by atoms with van der Waals surface area (Å²) < 4.78 is 25.2.